The lowest BCUT2D eigenvalue weighted by Gasteiger charge is -2.14. The van der Waals surface area contributed by atoms with Crippen molar-refractivity contribution >= 4 is 11.6 Å². The molecule has 108 valence electrons. The Kier molecular flexibility index (Phi) is 5.82. The third-order valence-corrected chi connectivity index (χ3v) is 3.35. The fourth-order valence-corrected chi connectivity index (χ4v) is 2.02. The SMILES string of the molecule is CCC(CCO)CNC(=O)c1c(N)c(C)nn1CC. The van der Waals surface area contributed by atoms with E-state index < -0.39 is 0 Å². The minimum atomic E-state index is -0.198. The zero-order valence-electron chi connectivity index (χ0n) is 11.9. The molecule has 1 amide bonds. The van der Waals surface area contributed by atoms with Gasteiger partial charge in [-0.1, -0.05) is 13.3 Å². The second-order valence-electron chi connectivity index (χ2n) is 4.66. The van der Waals surface area contributed by atoms with E-state index in [1.807, 2.05) is 13.8 Å². The molecule has 0 fully saturated rings. The Morgan fingerprint density at radius 1 is 1.53 bits per heavy atom. The van der Waals surface area contributed by atoms with Crippen molar-refractivity contribution in [2.75, 3.05) is 18.9 Å². The van der Waals surface area contributed by atoms with Crippen molar-refractivity contribution in [2.45, 2.75) is 40.2 Å². The first-order valence-corrected chi connectivity index (χ1v) is 6.76. The molecule has 1 aromatic heterocycles. The molecule has 0 radical (unpaired) electrons. The first kappa shape index (κ1) is 15.5. The van der Waals surface area contributed by atoms with Crippen LogP contribution in [0.2, 0.25) is 0 Å². The van der Waals surface area contributed by atoms with Gasteiger partial charge in [0.15, 0.2) is 0 Å². The molecule has 6 heteroatoms. The lowest BCUT2D eigenvalue weighted by Crippen LogP contribution is -2.31. The molecule has 1 atom stereocenters. The van der Waals surface area contributed by atoms with E-state index in [0.717, 1.165) is 6.42 Å². The second kappa shape index (κ2) is 7.13. The van der Waals surface area contributed by atoms with Gasteiger partial charge in [0, 0.05) is 19.7 Å². The number of anilines is 1. The van der Waals surface area contributed by atoms with Crippen LogP contribution in [-0.4, -0.2) is 33.9 Å². The maximum Gasteiger partial charge on any atom is 0.271 e. The molecule has 1 heterocycles. The van der Waals surface area contributed by atoms with Gasteiger partial charge in [0.2, 0.25) is 0 Å². The molecule has 0 aliphatic heterocycles. The number of hydrogen-bond acceptors (Lipinski definition) is 4. The summed E-state index contributed by atoms with van der Waals surface area (Å²) in [6.07, 6.45) is 1.61. The van der Waals surface area contributed by atoms with Gasteiger partial charge >= 0.3 is 0 Å². The summed E-state index contributed by atoms with van der Waals surface area (Å²) in [5, 5.41) is 16.0. The molecule has 19 heavy (non-hydrogen) atoms. The molecule has 0 bridgehead atoms. The maximum atomic E-state index is 12.2. The number of nitrogens with zero attached hydrogens (tertiary/aromatic N) is 2. The van der Waals surface area contributed by atoms with Gasteiger partial charge in [0.05, 0.1) is 11.4 Å². The van der Waals surface area contributed by atoms with Crippen LogP contribution in [0.4, 0.5) is 5.69 Å². The van der Waals surface area contributed by atoms with Crippen LogP contribution < -0.4 is 11.1 Å². The third-order valence-electron chi connectivity index (χ3n) is 3.35. The van der Waals surface area contributed by atoms with Crippen LogP contribution in [-0.2, 0) is 6.54 Å². The van der Waals surface area contributed by atoms with Crippen LogP contribution in [0.5, 0.6) is 0 Å². The van der Waals surface area contributed by atoms with Gasteiger partial charge < -0.3 is 16.2 Å². The molecular formula is C13H24N4O2. The van der Waals surface area contributed by atoms with Crippen LogP contribution in [0.1, 0.15) is 42.9 Å². The number of aliphatic hydroxyl groups is 1. The number of nitrogens with two attached hydrogens (primary N) is 1. The van der Waals surface area contributed by atoms with Crippen molar-refractivity contribution in [3.63, 3.8) is 0 Å². The van der Waals surface area contributed by atoms with Gasteiger partial charge in [-0.15, -0.1) is 0 Å². The number of carbonyl (C=O) groups is 1. The van der Waals surface area contributed by atoms with E-state index in [1.165, 1.54) is 0 Å². The largest absolute Gasteiger partial charge is 0.396 e. The molecule has 0 aromatic carbocycles. The summed E-state index contributed by atoms with van der Waals surface area (Å²) in [5.74, 6) is 0.0885. The highest BCUT2D eigenvalue weighted by atomic mass is 16.3. The van der Waals surface area contributed by atoms with E-state index in [-0.39, 0.29) is 18.4 Å². The van der Waals surface area contributed by atoms with Crippen molar-refractivity contribution in [2.24, 2.45) is 5.92 Å². The number of aliphatic hydroxyl groups excluding tert-OH is 1. The molecule has 0 aliphatic rings. The van der Waals surface area contributed by atoms with E-state index >= 15 is 0 Å². The fourth-order valence-electron chi connectivity index (χ4n) is 2.02. The predicted molar refractivity (Wildman–Crippen MR) is 74.9 cm³/mol. The highest BCUT2D eigenvalue weighted by Crippen LogP contribution is 2.16. The van der Waals surface area contributed by atoms with Gasteiger partial charge in [0.25, 0.3) is 5.91 Å². The quantitative estimate of drug-likeness (QED) is 0.686. The third kappa shape index (κ3) is 3.70. The predicted octanol–water partition coefficient (Wildman–Crippen LogP) is 0.932. The van der Waals surface area contributed by atoms with Gasteiger partial charge in [-0.05, 0) is 26.2 Å². The van der Waals surface area contributed by atoms with Crippen molar-refractivity contribution in [1.82, 2.24) is 15.1 Å². The first-order valence-electron chi connectivity index (χ1n) is 6.76. The van der Waals surface area contributed by atoms with Crippen molar-refractivity contribution in [3.8, 4) is 0 Å². The van der Waals surface area contributed by atoms with Crippen LogP contribution in [0.25, 0.3) is 0 Å². The highest BCUT2D eigenvalue weighted by molar-refractivity contribution is 5.97. The summed E-state index contributed by atoms with van der Waals surface area (Å²) >= 11 is 0. The van der Waals surface area contributed by atoms with Gasteiger partial charge in [0.1, 0.15) is 5.69 Å². The molecule has 0 spiro atoms. The minimum Gasteiger partial charge on any atom is -0.396 e. The normalized spacial score (nSPS) is 12.4. The number of hydrogen-bond donors (Lipinski definition) is 3. The second-order valence-corrected chi connectivity index (χ2v) is 4.66. The smallest absolute Gasteiger partial charge is 0.271 e. The Balaban J connectivity index is 2.73. The van der Waals surface area contributed by atoms with Crippen LogP contribution in [0.3, 0.4) is 0 Å². The highest BCUT2D eigenvalue weighted by Gasteiger charge is 2.19. The molecule has 1 unspecified atom stereocenters. The summed E-state index contributed by atoms with van der Waals surface area (Å²) in [4.78, 5) is 12.2. The van der Waals surface area contributed by atoms with Crippen LogP contribution in [0.15, 0.2) is 0 Å². The molecule has 0 aliphatic carbocycles. The summed E-state index contributed by atoms with van der Waals surface area (Å²) < 4.78 is 1.62. The Labute approximate surface area is 114 Å². The Bertz CT molecular complexity index is 429. The Hall–Kier alpha value is -1.56. The minimum absolute atomic E-state index is 0.141. The summed E-state index contributed by atoms with van der Waals surface area (Å²) in [5.41, 5.74) is 7.44. The van der Waals surface area contributed by atoms with Crippen LogP contribution in [0, 0.1) is 12.8 Å². The van der Waals surface area contributed by atoms with E-state index in [2.05, 4.69) is 10.4 Å². The first-order chi connectivity index (χ1) is 9.04. The number of carbonyl (C=O) groups excluding carboxylic acids is 1. The van der Waals surface area contributed by atoms with Gasteiger partial charge in [-0.2, -0.15) is 5.10 Å². The number of aryl methyl sites for hydroxylation is 2. The molecule has 1 aromatic rings. The van der Waals surface area contributed by atoms with E-state index in [0.29, 0.717) is 36.6 Å². The lowest BCUT2D eigenvalue weighted by molar-refractivity contribution is 0.0934. The van der Waals surface area contributed by atoms with Crippen molar-refractivity contribution < 1.29 is 9.90 Å². The van der Waals surface area contributed by atoms with Crippen molar-refractivity contribution in [1.29, 1.82) is 0 Å². The zero-order chi connectivity index (χ0) is 14.4. The monoisotopic (exact) mass is 268 g/mol. The average molecular weight is 268 g/mol. The van der Waals surface area contributed by atoms with Crippen molar-refractivity contribution in [3.05, 3.63) is 11.4 Å². The summed E-state index contributed by atoms with van der Waals surface area (Å²) in [6.45, 7) is 7.05. The molecule has 1 rings (SSSR count). The van der Waals surface area contributed by atoms with Gasteiger partial charge in [-0.3, -0.25) is 9.48 Å². The molecule has 6 nitrogen and oxygen atoms in total. The number of rotatable bonds is 7. The number of aromatic nitrogens is 2. The van der Waals surface area contributed by atoms with Gasteiger partial charge in [-0.25, -0.2) is 0 Å². The van der Waals surface area contributed by atoms with E-state index in [1.54, 1.807) is 11.6 Å². The number of amides is 1. The molecule has 4 N–H and O–H groups in total. The Morgan fingerprint density at radius 3 is 2.74 bits per heavy atom. The standard InChI is InChI=1S/C13H24N4O2/c1-4-10(6-7-18)8-15-13(19)12-11(14)9(3)16-17(12)5-2/h10,18H,4-8,14H2,1-3H3,(H,15,19). The summed E-state index contributed by atoms with van der Waals surface area (Å²) in [6, 6.07) is 0. The van der Waals surface area contributed by atoms with Crippen LogP contribution >= 0.6 is 0 Å². The molecule has 0 saturated carbocycles. The lowest BCUT2D eigenvalue weighted by atomic mass is 10.0. The van der Waals surface area contributed by atoms with E-state index in [4.69, 9.17) is 10.8 Å². The van der Waals surface area contributed by atoms with E-state index in [9.17, 15) is 4.79 Å². The Morgan fingerprint density at radius 2 is 2.21 bits per heavy atom. The maximum absolute atomic E-state index is 12.2. The average Bonchev–Trinajstić information content (AvgIpc) is 2.70. The summed E-state index contributed by atoms with van der Waals surface area (Å²) in [7, 11) is 0. The molecule has 0 saturated heterocycles. The zero-order valence-corrected chi connectivity index (χ0v) is 11.9. The number of nitrogen functional groups attached to an aromatic ring is 1. The molecular weight excluding hydrogens is 244 g/mol. The fraction of sp³-hybridized carbons (Fsp3) is 0.692. The number of nitrogens with one attached hydrogen (secondary N) is 1. The topological polar surface area (TPSA) is 93.2 Å².